The molecule has 1 aliphatic heterocycles. The second-order valence-corrected chi connectivity index (χ2v) is 9.31. The quantitative estimate of drug-likeness (QED) is 0.687. The highest BCUT2D eigenvalue weighted by Crippen LogP contribution is 2.41. The summed E-state index contributed by atoms with van der Waals surface area (Å²) in [6, 6.07) is 15.0. The molecule has 0 aromatic heterocycles. The Morgan fingerprint density at radius 1 is 1.12 bits per heavy atom. The zero-order valence-corrected chi connectivity index (χ0v) is 19.0. The molecule has 0 radical (unpaired) electrons. The van der Waals surface area contributed by atoms with E-state index in [-0.39, 0.29) is 24.5 Å². The van der Waals surface area contributed by atoms with E-state index >= 15 is 0 Å². The first-order chi connectivity index (χ1) is 15.9. The van der Waals surface area contributed by atoms with Gasteiger partial charge in [0.1, 0.15) is 17.8 Å². The zero-order valence-electron chi connectivity index (χ0n) is 19.0. The van der Waals surface area contributed by atoms with E-state index in [1.165, 1.54) is 11.1 Å². The topological polar surface area (TPSA) is 79.0 Å². The fourth-order valence-electron chi connectivity index (χ4n) is 5.18. The highest BCUT2D eigenvalue weighted by atomic mass is 16.5. The number of nitrogens with one attached hydrogen (secondary N) is 1. The smallest absolute Gasteiger partial charge is 0.325 e. The third kappa shape index (κ3) is 3.75. The molecule has 2 atom stereocenters. The molecule has 2 aliphatic carbocycles. The Kier molecular flexibility index (Phi) is 5.35. The van der Waals surface area contributed by atoms with E-state index in [4.69, 9.17) is 4.74 Å². The van der Waals surface area contributed by atoms with Crippen LogP contribution in [0.15, 0.2) is 48.5 Å². The summed E-state index contributed by atoms with van der Waals surface area (Å²) >= 11 is 0. The number of ether oxygens (including phenoxy) is 1. The van der Waals surface area contributed by atoms with E-state index in [0.29, 0.717) is 11.3 Å². The third-order valence-electron chi connectivity index (χ3n) is 7.14. The number of carbonyl (C=O) groups excluding carboxylic acids is 3. The van der Waals surface area contributed by atoms with Crippen molar-refractivity contribution >= 4 is 17.8 Å². The van der Waals surface area contributed by atoms with Gasteiger partial charge in [0.25, 0.3) is 5.91 Å². The van der Waals surface area contributed by atoms with E-state index in [0.717, 1.165) is 37.0 Å². The molecule has 2 unspecified atom stereocenters. The van der Waals surface area contributed by atoms with E-state index in [9.17, 15) is 14.4 Å². The lowest BCUT2D eigenvalue weighted by molar-refractivity contribution is -0.141. The Morgan fingerprint density at radius 3 is 2.55 bits per heavy atom. The van der Waals surface area contributed by atoms with E-state index in [2.05, 4.69) is 17.4 Å². The molecule has 1 N–H and O–H groups in total. The number of carbonyl (C=O) groups is 3. The standard InChI is InChI=1S/C26H29N3O4/c1-26(18-10-14-20(33-2)15-11-18)24(31)28(25(32)27-26)16-23(30)29(19-12-13-19)22-9-5-7-17-6-3-4-8-21(17)22/h3-4,6,8,10-11,14-15,19,22H,5,7,9,12-13,16H2,1-2H3,(H,27,32). The molecular weight excluding hydrogens is 418 g/mol. The van der Waals surface area contributed by atoms with Crippen molar-refractivity contribution in [1.82, 2.24) is 15.1 Å². The second kappa shape index (κ2) is 8.21. The van der Waals surface area contributed by atoms with Crippen molar-refractivity contribution in [3.05, 3.63) is 65.2 Å². The predicted molar refractivity (Wildman–Crippen MR) is 123 cm³/mol. The van der Waals surface area contributed by atoms with Gasteiger partial charge in [-0.2, -0.15) is 0 Å². The van der Waals surface area contributed by atoms with Crippen LogP contribution in [-0.4, -0.2) is 47.3 Å². The Labute approximate surface area is 193 Å². The van der Waals surface area contributed by atoms with Gasteiger partial charge >= 0.3 is 6.03 Å². The largest absolute Gasteiger partial charge is 0.497 e. The van der Waals surface area contributed by atoms with Crippen LogP contribution in [0, 0.1) is 0 Å². The van der Waals surface area contributed by atoms with Crippen molar-refractivity contribution in [2.75, 3.05) is 13.7 Å². The summed E-state index contributed by atoms with van der Waals surface area (Å²) in [6.07, 6.45) is 4.88. The number of hydrogen-bond donors (Lipinski definition) is 1. The fraction of sp³-hybridized carbons (Fsp3) is 0.423. The molecule has 0 bridgehead atoms. The lowest BCUT2D eigenvalue weighted by Crippen LogP contribution is -2.46. The van der Waals surface area contributed by atoms with Crippen LogP contribution in [0.25, 0.3) is 0 Å². The summed E-state index contributed by atoms with van der Waals surface area (Å²) < 4.78 is 5.19. The van der Waals surface area contributed by atoms with Crippen LogP contribution >= 0.6 is 0 Å². The molecule has 33 heavy (non-hydrogen) atoms. The number of amides is 4. The van der Waals surface area contributed by atoms with Gasteiger partial charge in [-0.05, 0) is 67.9 Å². The van der Waals surface area contributed by atoms with Crippen LogP contribution in [0.5, 0.6) is 5.75 Å². The van der Waals surface area contributed by atoms with Crippen LogP contribution < -0.4 is 10.1 Å². The average molecular weight is 448 g/mol. The van der Waals surface area contributed by atoms with Crippen LogP contribution in [0.4, 0.5) is 4.79 Å². The maximum Gasteiger partial charge on any atom is 0.325 e. The fourth-order valence-corrected chi connectivity index (χ4v) is 5.18. The Balaban J connectivity index is 1.37. The number of hydrogen-bond acceptors (Lipinski definition) is 4. The van der Waals surface area contributed by atoms with Crippen molar-refractivity contribution in [3.63, 3.8) is 0 Å². The van der Waals surface area contributed by atoms with Crippen molar-refractivity contribution in [1.29, 1.82) is 0 Å². The molecule has 7 heteroatoms. The number of methoxy groups -OCH3 is 1. The molecule has 1 saturated carbocycles. The molecule has 3 aliphatic rings. The molecule has 7 nitrogen and oxygen atoms in total. The first kappa shape index (κ1) is 21.5. The number of fused-ring (bicyclic) bond motifs is 1. The maximum absolute atomic E-state index is 13.5. The average Bonchev–Trinajstić information content (AvgIpc) is 3.64. The summed E-state index contributed by atoms with van der Waals surface area (Å²) in [4.78, 5) is 42.7. The van der Waals surface area contributed by atoms with Gasteiger partial charge in [0.05, 0.1) is 13.2 Å². The van der Waals surface area contributed by atoms with Gasteiger partial charge in [-0.1, -0.05) is 36.4 Å². The van der Waals surface area contributed by atoms with Gasteiger partial charge in [-0.3, -0.25) is 14.5 Å². The summed E-state index contributed by atoms with van der Waals surface area (Å²) in [5.41, 5.74) is 1.92. The molecule has 1 heterocycles. The number of imide groups is 1. The Morgan fingerprint density at radius 2 is 1.85 bits per heavy atom. The SMILES string of the molecule is COc1ccc(C2(C)NC(=O)N(CC(=O)N(C3CC3)C3CCCc4ccccc43)C2=O)cc1. The van der Waals surface area contributed by atoms with Crippen molar-refractivity contribution in [3.8, 4) is 5.75 Å². The Bertz CT molecular complexity index is 1090. The molecule has 2 aromatic carbocycles. The summed E-state index contributed by atoms with van der Waals surface area (Å²) in [5, 5.41) is 2.79. The number of benzene rings is 2. The molecule has 4 amide bonds. The van der Waals surface area contributed by atoms with Crippen LogP contribution in [-0.2, 0) is 21.5 Å². The molecule has 2 fully saturated rings. The molecule has 2 aromatic rings. The van der Waals surface area contributed by atoms with Crippen molar-refractivity contribution in [2.24, 2.45) is 0 Å². The summed E-state index contributed by atoms with van der Waals surface area (Å²) in [6.45, 7) is 1.43. The zero-order chi connectivity index (χ0) is 23.2. The number of rotatable bonds is 6. The lowest BCUT2D eigenvalue weighted by Gasteiger charge is -2.37. The van der Waals surface area contributed by atoms with Gasteiger partial charge in [-0.25, -0.2) is 4.79 Å². The maximum atomic E-state index is 13.5. The minimum atomic E-state index is -1.22. The molecule has 5 rings (SSSR count). The Hall–Kier alpha value is -3.35. The normalized spacial score (nSPS) is 24.3. The second-order valence-electron chi connectivity index (χ2n) is 9.31. The molecular formula is C26H29N3O4. The number of aryl methyl sites for hydroxylation is 1. The number of nitrogens with zero attached hydrogens (tertiary/aromatic N) is 2. The predicted octanol–water partition coefficient (Wildman–Crippen LogP) is 3.53. The molecule has 1 saturated heterocycles. The van der Waals surface area contributed by atoms with E-state index in [1.54, 1.807) is 38.3 Å². The summed E-state index contributed by atoms with van der Waals surface area (Å²) in [5.74, 6) is 0.0893. The first-order valence-electron chi connectivity index (χ1n) is 11.6. The van der Waals surface area contributed by atoms with Crippen LogP contribution in [0.2, 0.25) is 0 Å². The van der Waals surface area contributed by atoms with Crippen molar-refractivity contribution < 1.29 is 19.1 Å². The third-order valence-corrected chi connectivity index (χ3v) is 7.14. The van der Waals surface area contributed by atoms with Gasteiger partial charge in [0.2, 0.25) is 5.91 Å². The van der Waals surface area contributed by atoms with E-state index in [1.807, 2.05) is 17.0 Å². The van der Waals surface area contributed by atoms with Crippen LogP contribution in [0.3, 0.4) is 0 Å². The highest BCUT2D eigenvalue weighted by molar-refractivity contribution is 6.09. The summed E-state index contributed by atoms with van der Waals surface area (Å²) in [7, 11) is 1.57. The van der Waals surface area contributed by atoms with Crippen LogP contribution in [0.1, 0.15) is 55.3 Å². The van der Waals surface area contributed by atoms with Gasteiger partial charge in [0.15, 0.2) is 0 Å². The van der Waals surface area contributed by atoms with Gasteiger partial charge in [0, 0.05) is 6.04 Å². The highest BCUT2D eigenvalue weighted by Gasteiger charge is 2.50. The first-order valence-corrected chi connectivity index (χ1v) is 11.6. The minimum Gasteiger partial charge on any atom is -0.497 e. The molecule has 0 spiro atoms. The monoisotopic (exact) mass is 447 g/mol. The van der Waals surface area contributed by atoms with E-state index < -0.39 is 17.5 Å². The van der Waals surface area contributed by atoms with Gasteiger partial charge in [-0.15, -0.1) is 0 Å². The van der Waals surface area contributed by atoms with Crippen molar-refractivity contribution in [2.45, 2.75) is 56.7 Å². The minimum absolute atomic E-state index is 0.00341. The molecule has 172 valence electrons. The lowest BCUT2D eigenvalue weighted by atomic mass is 9.86. The number of urea groups is 1. The van der Waals surface area contributed by atoms with Gasteiger partial charge < -0.3 is 15.0 Å².